The Hall–Kier alpha value is -1.62. The number of pyridine rings is 1. The first kappa shape index (κ1) is 14.4. The highest BCUT2D eigenvalue weighted by atomic mass is 16.3. The summed E-state index contributed by atoms with van der Waals surface area (Å²) in [5.41, 5.74) is 0.428. The lowest BCUT2D eigenvalue weighted by Crippen LogP contribution is -2.34. The summed E-state index contributed by atoms with van der Waals surface area (Å²) in [5.74, 6) is -0.205. The molecule has 3 N–H and O–H groups in total. The van der Waals surface area contributed by atoms with Gasteiger partial charge in [0.15, 0.2) is 0 Å². The van der Waals surface area contributed by atoms with Crippen LogP contribution in [0.5, 0.6) is 0 Å². The molecule has 100 valence electrons. The van der Waals surface area contributed by atoms with E-state index in [-0.39, 0.29) is 22.9 Å². The Kier molecular flexibility index (Phi) is 5.09. The highest BCUT2D eigenvalue weighted by molar-refractivity contribution is 5.95. The van der Waals surface area contributed by atoms with E-state index in [2.05, 4.69) is 10.3 Å². The van der Waals surface area contributed by atoms with Crippen molar-refractivity contribution >= 4 is 5.91 Å². The molecule has 0 bridgehead atoms. The zero-order valence-corrected chi connectivity index (χ0v) is 11.0. The number of hydrogen-bond donors (Lipinski definition) is 3. The number of aromatic nitrogens is 1. The van der Waals surface area contributed by atoms with Gasteiger partial charge < -0.3 is 15.4 Å². The summed E-state index contributed by atoms with van der Waals surface area (Å²) in [6.45, 7) is 5.82. The molecule has 0 aliphatic carbocycles. The number of aromatic amines is 1. The number of aryl methyl sites for hydroxylation is 1. The number of nitrogens with one attached hydrogen (secondary N) is 2. The first-order valence-electron chi connectivity index (χ1n) is 6.06. The lowest BCUT2D eigenvalue weighted by atomic mass is 10.0. The molecule has 0 aromatic carbocycles. The maximum atomic E-state index is 11.9. The van der Waals surface area contributed by atoms with Crippen LogP contribution in [-0.2, 0) is 0 Å². The topological polar surface area (TPSA) is 82.2 Å². The highest BCUT2D eigenvalue weighted by Crippen LogP contribution is 2.05. The third kappa shape index (κ3) is 4.00. The number of amides is 1. The lowest BCUT2D eigenvalue weighted by Gasteiger charge is -2.14. The van der Waals surface area contributed by atoms with Gasteiger partial charge in [-0.1, -0.05) is 6.92 Å². The molecule has 1 amide bonds. The minimum absolute atomic E-state index is 0.154. The standard InChI is InChI=1S/C13H20N2O3/c1-8(6-10(3)16)7-15-13(18)11-9(2)4-5-14-12(11)17/h4-5,8,10,16H,6-7H2,1-3H3,(H,14,17)(H,15,18). The minimum atomic E-state index is -0.390. The molecule has 0 radical (unpaired) electrons. The van der Waals surface area contributed by atoms with E-state index < -0.39 is 6.10 Å². The predicted octanol–water partition coefficient (Wildman–Crippen LogP) is 0.820. The minimum Gasteiger partial charge on any atom is -0.393 e. The number of carbonyl (C=O) groups excluding carboxylic acids is 1. The van der Waals surface area contributed by atoms with Gasteiger partial charge in [0.1, 0.15) is 5.56 Å². The maximum absolute atomic E-state index is 11.9. The van der Waals surface area contributed by atoms with E-state index >= 15 is 0 Å². The molecule has 0 fully saturated rings. The van der Waals surface area contributed by atoms with Gasteiger partial charge in [0.2, 0.25) is 0 Å². The number of aliphatic hydroxyl groups is 1. The molecular formula is C13H20N2O3. The Morgan fingerprint density at radius 1 is 1.50 bits per heavy atom. The van der Waals surface area contributed by atoms with Crippen LogP contribution in [0.4, 0.5) is 0 Å². The van der Waals surface area contributed by atoms with Crippen molar-refractivity contribution in [3.63, 3.8) is 0 Å². The first-order chi connectivity index (χ1) is 8.41. The smallest absolute Gasteiger partial charge is 0.261 e. The number of rotatable bonds is 5. The van der Waals surface area contributed by atoms with Crippen molar-refractivity contribution in [1.29, 1.82) is 0 Å². The van der Waals surface area contributed by atoms with Gasteiger partial charge in [-0.15, -0.1) is 0 Å². The predicted molar refractivity (Wildman–Crippen MR) is 69.6 cm³/mol. The number of aliphatic hydroxyl groups excluding tert-OH is 1. The molecule has 1 heterocycles. The Morgan fingerprint density at radius 2 is 2.17 bits per heavy atom. The third-order valence-electron chi connectivity index (χ3n) is 2.75. The molecule has 0 spiro atoms. The summed E-state index contributed by atoms with van der Waals surface area (Å²) in [5, 5.41) is 11.9. The monoisotopic (exact) mass is 252 g/mol. The van der Waals surface area contributed by atoms with Gasteiger partial charge in [-0.2, -0.15) is 0 Å². The van der Waals surface area contributed by atoms with Crippen molar-refractivity contribution in [1.82, 2.24) is 10.3 Å². The van der Waals surface area contributed by atoms with Crippen LogP contribution in [0.3, 0.4) is 0 Å². The molecule has 1 rings (SSSR count). The molecule has 5 nitrogen and oxygen atoms in total. The lowest BCUT2D eigenvalue weighted by molar-refractivity contribution is 0.0937. The van der Waals surface area contributed by atoms with Crippen LogP contribution >= 0.6 is 0 Å². The van der Waals surface area contributed by atoms with Gasteiger partial charge in [0, 0.05) is 12.7 Å². The SMILES string of the molecule is Cc1cc[nH]c(=O)c1C(=O)NCC(C)CC(C)O. The van der Waals surface area contributed by atoms with E-state index in [1.54, 1.807) is 19.9 Å². The van der Waals surface area contributed by atoms with E-state index in [0.717, 1.165) is 0 Å². The zero-order valence-electron chi connectivity index (χ0n) is 11.0. The largest absolute Gasteiger partial charge is 0.393 e. The highest BCUT2D eigenvalue weighted by Gasteiger charge is 2.14. The Bertz CT molecular complexity index is 466. The van der Waals surface area contributed by atoms with E-state index in [4.69, 9.17) is 0 Å². The second-order valence-electron chi connectivity index (χ2n) is 4.76. The first-order valence-corrected chi connectivity index (χ1v) is 6.06. The van der Waals surface area contributed by atoms with Gasteiger partial charge >= 0.3 is 0 Å². The van der Waals surface area contributed by atoms with Crippen LogP contribution in [0.1, 0.15) is 36.2 Å². The normalized spacial score (nSPS) is 14.0. The van der Waals surface area contributed by atoms with E-state index in [1.165, 1.54) is 6.20 Å². The van der Waals surface area contributed by atoms with Crippen molar-refractivity contribution in [3.8, 4) is 0 Å². The van der Waals surface area contributed by atoms with Crippen LogP contribution in [0.2, 0.25) is 0 Å². The van der Waals surface area contributed by atoms with Gasteiger partial charge in [0.05, 0.1) is 6.10 Å². The number of H-pyrrole nitrogens is 1. The molecule has 5 heteroatoms. The summed E-state index contributed by atoms with van der Waals surface area (Å²) >= 11 is 0. The fourth-order valence-corrected chi connectivity index (χ4v) is 1.88. The fraction of sp³-hybridized carbons (Fsp3) is 0.538. The van der Waals surface area contributed by atoms with E-state index in [1.807, 2.05) is 6.92 Å². The molecule has 1 aromatic rings. The molecule has 2 atom stereocenters. The number of carbonyl (C=O) groups is 1. The van der Waals surface area contributed by atoms with Gasteiger partial charge in [-0.3, -0.25) is 9.59 Å². The van der Waals surface area contributed by atoms with E-state index in [9.17, 15) is 14.7 Å². The molecule has 0 saturated carbocycles. The van der Waals surface area contributed by atoms with Crippen LogP contribution in [-0.4, -0.2) is 28.6 Å². The summed E-state index contributed by atoms with van der Waals surface area (Å²) in [7, 11) is 0. The number of hydrogen-bond acceptors (Lipinski definition) is 3. The van der Waals surface area contributed by atoms with Crippen molar-refractivity contribution in [2.45, 2.75) is 33.3 Å². The zero-order chi connectivity index (χ0) is 13.7. The average molecular weight is 252 g/mol. The third-order valence-corrected chi connectivity index (χ3v) is 2.75. The Balaban J connectivity index is 2.64. The average Bonchev–Trinajstić information content (AvgIpc) is 2.25. The van der Waals surface area contributed by atoms with Crippen molar-refractivity contribution < 1.29 is 9.90 Å². The second-order valence-corrected chi connectivity index (χ2v) is 4.76. The van der Waals surface area contributed by atoms with Crippen molar-refractivity contribution in [2.75, 3.05) is 6.54 Å². The van der Waals surface area contributed by atoms with Gasteiger partial charge in [-0.25, -0.2) is 0 Å². The molecule has 18 heavy (non-hydrogen) atoms. The van der Waals surface area contributed by atoms with Crippen LogP contribution < -0.4 is 10.9 Å². The van der Waals surface area contributed by atoms with Crippen LogP contribution in [0.25, 0.3) is 0 Å². The van der Waals surface area contributed by atoms with Crippen LogP contribution in [0.15, 0.2) is 17.1 Å². The maximum Gasteiger partial charge on any atom is 0.261 e. The van der Waals surface area contributed by atoms with Crippen molar-refractivity contribution in [2.24, 2.45) is 5.92 Å². The second kappa shape index (κ2) is 6.35. The summed E-state index contributed by atoms with van der Waals surface area (Å²) < 4.78 is 0. The Morgan fingerprint density at radius 3 is 2.72 bits per heavy atom. The quantitative estimate of drug-likeness (QED) is 0.725. The summed E-state index contributed by atoms with van der Waals surface area (Å²) in [4.78, 5) is 25.9. The van der Waals surface area contributed by atoms with Gasteiger partial charge in [0.25, 0.3) is 11.5 Å². The summed E-state index contributed by atoms with van der Waals surface area (Å²) in [6.07, 6.45) is 1.74. The molecular weight excluding hydrogens is 232 g/mol. The molecule has 2 unspecified atom stereocenters. The molecule has 0 saturated heterocycles. The van der Waals surface area contributed by atoms with E-state index in [0.29, 0.717) is 18.5 Å². The molecule has 1 aromatic heterocycles. The fourth-order valence-electron chi connectivity index (χ4n) is 1.88. The van der Waals surface area contributed by atoms with Crippen LogP contribution in [0, 0.1) is 12.8 Å². The Labute approximate surface area is 106 Å². The van der Waals surface area contributed by atoms with Crippen molar-refractivity contribution in [3.05, 3.63) is 33.7 Å². The molecule has 0 aliphatic rings. The summed E-state index contributed by atoms with van der Waals surface area (Å²) in [6, 6.07) is 1.69. The van der Waals surface area contributed by atoms with Gasteiger partial charge in [-0.05, 0) is 37.8 Å². The molecule has 0 aliphatic heterocycles.